The molecule has 0 radical (unpaired) electrons. The molecule has 0 unspecified atom stereocenters. The van der Waals surface area contributed by atoms with Crippen LogP contribution in [0, 0.1) is 0 Å². The minimum Gasteiger partial charge on any atom is -0.495 e. The van der Waals surface area contributed by atoms with Crippen molar-refractivity contribution in [2.75, 3.05) is 40.4 Å². The van der Waals surface area contributed by atoms with E-state index >= 15 is 0 Å². The van der Waals surface area contributed by atoms with E-state index in [-0.39, 0.29) is 18.1 Å². The first-order valence-electron chi connectivity index (χ1n) is 7.55. The second-order valence-electron chi connectivity index (χ2n) is 5.85. The molecule has 2 heterocycles. The van der Waals surface area contributed by atoms with Crippen molar-refractivity contribution in [3.8, 4) is 5.75 Å². The Balaban J connectivity index is 1.75. The van der Waals surface area contributed by atoms with Crippen LogP contribution in [-0.2, 0) is 4.74 Å². The first kappa shape index (κ1) is 15.6. The zero-order valence-electron chi connectivity index (χ0n) is 12.9. The Morgan fingerprint density at radius 2 is 2.23 bits per heavy atom. The lowest BCUT2D eigenvalue weighted by atomic mass is 9.98. The monoisotopic (exact) mass is 324 g/mol. The zero-order valence-corrected chi connectivity index (χ0v) is 13.7. The van der Waals surface area contributed by atoms with Gasteiger partial charge in [0.15, 0.2) is 0 Å². The molecule has 1 aromatic carbocycles. The number of hydrogen-bond donors (Lipinski definition) is 0. The molecule has 2 aliphatic rings. The quantitative estimate of drug-likeness (QED) is 0.833. The van der Waals surface area contributed by atoms with Crippen LogP contribution in [0.2, 0.25) is 5.02 Å². The molecule has 0 spiro atoms. The Bertz CT molecular complexity index is 566. The van der Waals surface area contributed by atoms with E-state index in [2.05, 4.69) is 11.9 Å². The summed E-state index contributed by atoms with van der Waals surface area (Å²) in [5.41, 5.74) is 0.610. The number of nitrogens with zero attached hydrogens (tertiary/aromatic N) is 2. The summed E-state index contributed by atoms with van der Waals surface area (Å²) in [7, 11) is 3.65. The summed E-state index contributed by atoms with van der Waals surface area (Å²) in [6.45, 7) is 3.11. The molecule has 1 aromatic rings. The number of likely N-dealkylation sites (N-methyl/N-ethyl adjacent to an activating group) is 1. The lowest BCUT2D eigenvalue weighted by molar-refractivity contribution is -0.0893. The molecular formula is C16H21ClN2O3. The predicted octanol–water partition coefficient (Wildman–Crippen LogP) is 1.89. The maximum Gasteiger partial charge on any atom is 0.254 e. The van der Waals surface area contributed by atoms with Crippen molar-refractivity contribution >= 4 is 17.5 Å². The predicted molar refractivity (Wildman–Crippen MR) is 84.7 cm³/mol. The number of hydrogen-bond acceptors (Lipinski definition) is 4. The number of methoxy groups -OCH3 is 1. The standard InChI is InChI=1S/C16H21ClN2O3/c1-18-7-8-22-14-5-6-19(10-13(14)18)16(20)11-3-4-12(17)15(9-11)21-2/h3-4,9,13-14H,5-8,10H2,1-2H3/t13-,14+/m0/s1. The Morgan fingerprint density at radius 3 is 3.00 bits per heavy atom. The van der Waals surface area contributed by atoms with Crippen LogP contribution >= 0.6 is 11.6 Å². The number of carbonyl (C=O) groups excluding carboxylic acids is 1. The fourth-order valence-corrected chi connectivity index (χ4v) is 3.40. The Hall–Kier alpha value is -1.30. The molecule has 0 aliphatic carbocycles. The van der Waals surface area contributed by atoms with Gasteiger partial charge in [-0.25, -0.2) is 0 Å². The van der Waals surface area contributed by atoms with Gasteiger partial charge < -0.3 is 14.4 Å². The Morgan fingerprint density at radius 1 is 1.41 bits per heavy atom. The molecule has 6 heteroatoms. The van der Waals surface area contributed by atoms with Crippen molar-refractivity contribution in [1.29, 1.82) is 0 Å². The molecule has 2 atom stereocenters. The second kappa shape index (κ2) is 6.44. The smallest absolute Gasteiger partial charge is 0.254 e. The summed E-state index contributed by atoms with van der Waals surface area (Å²) < 4.78 is 11.0. The van der Waals surface area contributed by atoms with Crippen LogP contribution in [0.5, 0.6) is 5.75 Å². The van der Waals surface area contributed by atoms with Crippen molar-refractivity contribution in [2.24, 2.45) is 0 Å². The molecule has 2 saturated heterocycles. The van der Waals surface area contributed by atoms with E-state index in [0.717, 1.165) is 26.1 Å². The minimum atomic E-state index is 0.0207. The summed E-state index contributed by atoms with van der Waals surface area (Å²) in [4.78, 5) is 16.9. The molecule has 120 valence electrons. The molecule has 0 aromatic heterocycles. The average Bonchev–Trinajstić information content (AvgIpc) is 2.55. The van der Waals surface area contributed by atoms with Gasteiger partial charge in [-0.05, 0) is 31.7 Å². The van der Waals surface area contributed by atoms with E-state index in [0.29, 0.717) is 22.9 Å². The highest BCUT2D eigenvalue weighted by Gasteiger charge is 2.37. The van der Waals surface area contributed by atoms with Crippen LogP contribution in [0.1, 0.15) is 16.8 Å². The SMILES string of the molecule is COc1cc(C(=O)N2CC[C@H]3OCCN(C)[C@H]3C2)ccc1Cl. The number of likely N-dealkylation sites (tertiary alicyclic amines) is 1. The fourth-order valence-electron chi connectivity index (χ4n) is 3.20. The maximum atomic E-state index is 12.7. The zero-order chi connectivity index (χ0) is 15.7. The summed E-state index contributed by atoms with van der Waals surface area (Å²) in [6.07, 6.45) is 1.12. The normalized spacial score (nSPS) is 25.7. The number of morpholine rings is 1. The van der Waals surface area contributed by atoms with E-state index in [9.17, 15) is 4.79 Å². The summed E-state index contributed by atoms with van der Waals surface area (Å²) in [5, 5.41) is 0.512. The van der Waals surface area contributed by atoms with E-state index in [1.54, 1.807) is 25.3 Å². The lowest BCUT2D eigenvalue weighted by Crippen LogP contribution is -2.59. The minimum absolute atomic E-state index is 0.0207. The highest BCUT2D eigenvalue weighted by Crippen LogP contribution is 2.27. The third-order valence-corrected chi connectivity index (χ3v) is 4.86. The van der Waals surface area contributed by atoms with Gasteiger partial charge in [0.2, 0.25) is 0 Å². The fraction of sp³-hybridized carbons (Fsp3) is 0.562. The number of amides is 1. The molecule has 5 nitrogen and oxygen atoms in total. The Labute approximate surface area is 135 Å². The van der Waals surface area contributed by atoms with Crippen molar-refractivity contribution in [2.45, 2.75) is 18.6 Å². The van der Waals surface area contributed by atoms with Crippen molar-refractivity contribution < 1.29 is 14.3 Å². The van der Waals surface area contributed by atoms with Gasteiger partial charge in [-0.3, -0.25) is 9.69 Å². The van der Waals surface area contributed by atoms with E-state index in [1.807, 2.05) is 4.90 Å². The number of ether oxygens (including phenoxy) is 2. The largest absolute Gasteiger partial charge is 0.495 e. The summed E-state index contributed by atoms with van der Waals surface area (Å²) in [6, 6.07) is 5.44. The van der Waals surface area contributed by atoms with Crippen molar-refractivity contribution in [1.82, 2.24) is 9.80 Å². The molecule has 0 bridgehead atoms. The topological polar surface area (TPSA) is 42.0 Å². The number of rotatable bonds is 2. The number of fused-ring (bicyclic) bond motifs is 1. The van der Waals surface area contributed by atoms with Gasteiger partial charge in [0.25, 0.3) is 5.91 Å². The molecule has 0 N–H and O–H groups in total. The van der Waals surface area contributed by atoms with E-state index < -0.39 is 0 Å². The van der Waals surface area contributed by atoms with Crippen LogP contribution < -0.4 is 4.74 Å². The lowest BCUT2D eigenvalue weighted by Gasteiger charge is -2.45. The third kappa shape index (κ3) is 2.93. The molecule has 2 fully saturated rings. The van der Waals surface area contributed by atoms with Gasteiger partial charge in [0.05, 0.1) is 30.9 Å². The van der Waals surface area contributed by atoms with Gasteiger partial charge >= 0.3 is 0 Å². The number of carbonyl (C=O) groups is 1. The van der Waals surface area contributed by atoms with Gasteiger partial charge in [-0.15, -0.1) is 0 Å². The van der Waals surface area contributed by atoms with Gasteiger partial charge in [-0.1, -0.05) is 11.6 Å². The van der Waals surface area contributed by atoms with Gasteiger partial charge in [0.1, 0.15) is 5.75 Å². The number of halogens is 1. The first-order chi connectivity index (χ1) is 10.6. The van der Waals surface area contributed by atoms with Crippen LogP contribution in [0.15, 0.2) is 18.2 Å². The molecule has 1 amide bonds. The van der Waals surface area contributed by atoms with E-state index in [1.165, 1.54) is 0 Å². The molecular weight excluding hydrogens is 304 g/mol. The van der Waals surface area contributed by atoms with Gasteiger partial charge in [-0.2, -0.15) is 0 Å². The van der Waals surface area contributed by atoms with Crippen LogP contribution in [0.25, 0.3) is 0 Å². The van der Waals surface area contributed by atoms with E-state index in [4.69, 9.17) is 21.1 Å². The Kier molecular flexibility index (Phi) is 4.57. The number of piperidine rings is 1. The second-order valence-corrected chi connectivity index (χ2v) is 6.25. The van der Waals surface area contributed by atoms with Gasteiger partial charge in [0, 0.05) is 25.2 Å². The highest BCUT2D eigenvalue weighted by atomic mass is 35.5. The van der Waals surface area contributed by atoms with Crippen molar-refractivity contribution in [3.63, 3.8) is 0 Å². The summed E-state index contributed by atoms with van der Waals surface area (Å²) >= 11 is 6.02. The highest BCUT2D eigenvalue weighted by molar-refractivity contribution is 6.32. The molecule has 22 heavy (non-hydrogen) atoms. The molecule has 3 rings (SSSR count). The van der Waals surface area contributed by atoms with Crippen LogP contribution in [0.3, 0.4) is 0 Å². The third-order valence-electron chi connectivity index (χ3n) is 4.55. The summed E-state index contributed by atoms with van der Waals surface area (Å²) in [5.74, 6) is 0.549. The first-order valence-corrected chi connectivity index (χ1v) is 7.92. The van der Waals surface area contributed by atoms with Crippen LogP contribution in [0.4, 0.5) is 0 Å². The maximum absolute atomic E-state index is 12.7. The molecule has 0 saturated carbocycles. The number of benzene rings is 1. The average molecular weight is 325 g/mol. The van der Waals surface area contributed by atoms with Crippen molar-refractivity contribution in [3.05, 3.63) is 28.8 Å². The molecule has 2 aliphatic heterocycles. The van der Waals surface area contributed by atoms with Crippen LogP contribution in [-0.4, -0.2) is 68.3 Å².